The molecule has 0 fully saturated rings. The smallest absolute Gasteiger partial charge is 0.151 e. The summed E-state index contributed by atoms with van der Waals surface area (Å²) in [6, 6.07) is 1.80. The molecule has 2 N–H and O–H groups in total. The highest BCUT2D eigenvalue weighted by atomic mass is 35.5. The highest BCUT2D eigenvalue weighted by Crippen LogP contribution is 2.32. The van der Waals surface area contributed by atoms with E-state index in [9.17, 15) is 5.11 Å². The van der Waals surface area contributed by atoms with Crippen LogP contribution in [-0.4, -0.2) is 31.9 Å². The lowest BCUT2D eigenvalue weighted by atomic mass is 10.0. The summed E-state index contributed by atoms with van der Waals surface area (Å²) < 4.78 is 44.5. The zero-order valence-electron chi connectivity index (χ0n) is 18.2. The highest BCUT2D eigenvalue weighted by molar-refractivity contribution is 7.14. The molecule has 7 heteroatoms. The van der Waals surface area contributed by atoms with Crippen LogP contribution in [0.3, 0.4) is 0 Å². The van der Waals surface area contributed by atoms with Gasteiger partial charge in [0.15, 0.2) is 5.01 Å². The third kappa shape index (κ3) is 4.90. The molecule has 0 aliphatic heterocycles. The molecule has 0 atom stereocenters. The Morgan fingerprint density at radius 2 is 2.23 bits per heavy atom. The lowest BCUT2D eigenvalue weighted by Gasteiger charge is -2.15. The fourth-order valence-corrected chi connectivity index (χ4v) is 2.80. The van der Waals surface area contributed by atoms with Crippen molar-refractivity contribution in [2.75, 3.05) is 5.32 Å². The van der Waals surface area contributed by atoms with Gasteiger partial charge < -0.3 is 10.4 Å². The molecule has 0 spiro atoms. The molecule has 2 heterocycles. The lowest BCUT2D eigenvalue weighted by Crippen LogP contribution is -2.19. The van der Waals surface area contributed by atoms with Crippen LogP contribution in [-0.2, 0) is 6.42 Å². The molecule has 0 saturated carbocycles. The zero-order valence-corrected chi connectivity index (χ0v) is 13.8. The van der Waals surface area contributed by atoms with E-state index in [1.54, 1.807) is 12.3 Å². The van der Waals surface area contributed by atoms with Crippen LogP contribution in [0.25, 0.3) is 10.6 Å². The molecule has 0 saturated heterocycles. The van der Waals surface area contributed by atoms with E-state index in [2.05, 4.69) is 20.5 Å². The van der Waals surface area contributed by atoms with Gasteiger partial charge in [0, 0.05) is 32.6 Å². The number of halogens is 1. The highest BCUT2D eigenvalue weighted by Gasteiger charge is 2.16. The largest absolute Gasteiger partial charge is 0.390 e. The van der Waals surface area contributed by atoms with Crippen molar-refractivity contribution in [3.63, 3.8) is 0 Å². The van der Waals surface area contributed by atoms with Gasteiger partial charge in [-0.25, -0.2) is 4.98 Å². The number of aromatic nitrogens is 3. The fraction of sp³-hybridized carbons (Fsp3) is 0.533. The van der Waals surface area contributed by atoms with Gasteiger partial charge >= 0.3 is 0 Å². The Labute approximate surface area is 148 Å². The van der Waals surface area contributed by atoms with Crippen LogP contribution in [0.15, 0.2) is 12.3 Å². The number of hydrogen-bond acceptors (Lipinski definition) is 6. The maximum Gasteiger partial charge on any atom is 0.151 e. The average molecular weight is 347 g/mol. The molecular formula is C15H21ClN4OS. The summed E-state index contributed by atoms with van der Waals surface area (Å²) in [5.74, 6) is 0. The Balaban J connectivity index is 2.26. The average Bonchev–Trinajstić information content (AvgIpc) is 2.98. The van der Waals surface area contributed by atoms with Gasteiger partial charge in [-0.1, -0.05) is 22.9 Å². The Hall–Kier alpha value is -1.24. The number of anilines is 1. The van der Waals surface area contributed by atoms with Gasteiger partial charge in [-0.05, 0) is 40.0 Å². The van der Waals surface area contributed by atoms with Gasteiger partial charge in [-0.15, -0.1) is 10.2 Å². The second-order valence-corrected chi connectivity index (χ2v) is 6.66. The maximum absolute atomic E-state index is 10.3. The molecule has 0 amide bonds. The van der Waals surface area contributed by atoms with Gasteiger partial charge in [0.05, 0.1) is 11.2 Å². The van der Waals surface area contributed by atoms with Gasteiger partial charge in [-0.2, -0.15) is 0 Å². The Kier molecular flexibility index (Phi) is 3.30. The van der Waals surface area contributed by atoms with Crippen molar-refractivity contribution >= 4 is 28.6 Å². The monoisotopic (exact) mass is 346 g/mol. The third-order valence-electron chi connectivity index (χ3n) is 2.71. The van der Waals surface area contributed by atoms with Gasteiger partial charge in [-0.3, -0.25) is 0 Å². The predicted molar refractivity (Wildman–Crippen MR) is 91.5 cm³/mol. The summed E-state index contributed by atoms with van der Waals surface area (Å²) in [4.78, 5) is 4.06. The van der Waals surface area contributed by atoms with E-state index in [4.69, 9.17) is 19.8 Å². The van der Waals surface area contributed by atoms with Crippen molar-refractivity contribution in [3.8, 4) is 10.6 Å². The number of nitrogens with zero attached hydrogens (tertiary/aromatic N) is 3. The van der Waals surface area contributed by atoms with E-state index >= 15 is 0 Å². The summed E-state index contributed by atoms with van der Waals surface area (Å²) >= 11 is 7.13. The predicted octanol–water partition coefficient (Wildman–Crippen LogP) is 3.78. The van der Waals surface area contributed by atoms with Gasteiger partial charge in [0.25, 0.3) is 0 Å². The molecule has 2 aromatic rings. The fourth-order valence-electron chi connectivity index (χ4n) is 1.78. The van der Waals surface area contributed by atoms with E-state index in [0.29, 0.717) is 20.7 Å². The molecule has 2 rings (SSSR count). The van der Waals surface area contributed by atoms with Crippen molar-refractivity contribution in [3.05, 3.63) is 22.4 Å². The van der Waals surface area contributed by atoms with E-state index in [0.717, 1.165) is 5.69 Å². The van der Waals surface area contributed by atoms with Crippen molar-refractivity contribution < 1.29 is 13.3 Å². The Morgan fingerprint density at radius 1 is 1.45 bits per heavy atom. The molecule has 22 heavy (non-hydrogen) atoms. The van der Waals surface area contributed by atoms with Crippen LogP contribution in [0.1, 0.15) is 47.2 Å². The van der Waals surface area contributed by atoms with Crippen molar-refractivity contribution in [1.82, 2.24) is 15.2 Å². The molecule has 0 aliphatic rings. The number of nitrogens with one attached hydrogen (secondary N) is 1. The number of pyridine rings is 1. The van der Waals surface area contributed by atoms with Crippen LogP contribution in [0.4, 0.5) is 5.69 Å². The van der Waals surface area contributed by atoms with E-state index < -0.39 is 25.7 Å². The molecule has 0 bridgehead atoms. The first-order valence-corrected chi connectivity index (χ1v) is 7.91. The van der Waals surface area contributed by atoms with Gasteiger partial charge in [0.1, 0.15) is 10.2 Å². The van der Waals surface area contributed by atoms with Crippen molar-refractivity contribution in [1.29, 1.82) is 0 Å². The zero-order chi connectivity index (χ0) is 21.3. The molecule has 2 aromatic heterocycles. The summed E-state index contributed by atoms with van der Waals surface area (Å²) in [6.45, 7) is -2.18. The second-order valence-electron chi connectivity index (χ2n) is 5.21. The van der Waals surface area contributed by atoms with E-state index in [1.807, 2.05) is 13.8 Å². The summed E-state index contributed by atoms with van der Waals surface area (Å²) in [6.07, 6.45) is 1.02. The minimum Gasteiger partial charge on any atom is -0.390 e. The van der Waals surface area contributed by atoms with Crippen LogP contribution >= 0.6 is 22.9 Å². The lowest BCUT2D eigenvalue weighted by molar-refractivity contribution is 0.0713. The Morgan fingerprint density at radius 3 is 2.91 bits per heavy atom. The summed E-state index contributed by atoms with van der Waals surface area (Å²) in [5.41, 5.74) is -1.43. The number of aryl methyl sites for hydroxylation is 1. The van der Waals surface area contributed by atoms with Crippen LogP contribution in [0, 0.1) is 0 Å². The SMILES string of the molecule is [2H]C([2H])([2H])C(O)(CCc1nnc(-c2cnc(Cl)cc2NC(C)C)s1)C([2H])([2H])[2H]. The maximum atomic E-state index is 10.3. The summed E-state index contributed by atoms with van der Waals surface area (Å²) in [7, 11) is 0. The normalized spacial score (nSPS) is 17.1. The van der Waals surface area contributed by atoms with Crippen molar-refractivity contribution in [2.45, 2.75) is 52.0 Å². The van der Waals surface area contributed by atoms with E-state index in [-0.39, 0.29) is 12.5 Å². The number of rotatable bonds is 6. The number of aliphatic hydroxyl groups is 1. The first kappa shape index (κ1) is 10.5. The van der Waals surface area contributed by atoms with E-state index in [1.165, 1.54) is 11.3 Å². The van der Waals surface area contributed by atoms with Crippen molar-refractivity contribution in [2.24, 2.45) is 0 Å². The molecular weight excluding hydrogens is 320 g/mol. The number of hydrogen-bond donors (Lipinski definition) is 2. The third-order valence-corrected chi connectivity index (χ3v) is 3.94. The first-order chi connectivity index (χ1) is 12.7. The summed E-state index contributed by atoms with van der Waals surface area (Å²) in [5, 5.41) is 22.9. The molecule has 5 nitrogen and oxygen atoms in total. The topological polar surface area (TPSA) is 70.9 Å². The van der Waals surface area contributed by atoms with Crippen LogP contribution in [0.5, 0.6) is 0 Å². The minimum atomic E-state index is -3.06. The molecule has 0 aliphatic carbocycles. The minimum absolute atomic E-state index is 0.0428. The molecule has 0 unspecified atom stereocenters. The van der Waals surface area contributed by atoms with Gasteiger partial charge in [0.2, 0.25) is 0 Å². The van der Waals surface area contributed by atoms with Crippen LogP contribution < -0.4 is 5.32 Å². The quantitative estimate of drug-likeness (QED) is 0.779. The second kappa shape index (κ2) is 6.89. The molecule has 0 aromatic carbocycles. The first-order valence-electron chi connectivity index (χ1n) is 9.72. The standard InChI is InChI=1S/C15H21ClN4OS/c1-9(2)18-11-7-12(16)17-8-10(11)14-20-19-13(22-14)5-6-15(3,4)21/h7-9,21H,5-6H2,1-4H3,(H,17,18)/i3D3,4D3. The molecule has 0 radical (unpaired) electrons. The van der Waals surface area contributed by atoms with Crippen LogP contribution in [0.2, 0.25) is 5.15 Å². The Bertz CT molecular complexity index is 810. The molecule has 120 valence electrons.